The molecule has 2 N–H and O–H groups in total. The molecule has 0 bridgehead atoms. The van der Waals surface area contributed by atoms with Crippen molar-refractivity contribution in [3.63, 3.8) is 0 Å². The van der Waals surface area contributed by atoms with Gasteiger partial charge in [-0.2, -0.15) is 13.2 Å². The Bertz CT molecular complexity index is 749. The van der Waals surface area contributed by atoms with E-state index in [1.54, 1.807) is 18.4 Å². The van der Waals surface area contributed by atoms with E-state index in [0.29, 0.717) is 19.0 Å². The van der Waals surface area contributed by atoms with E-state index < -0.39 is 11.7 Å². The number of guanidine groups is 1. The standard InChI is InChI=1S/C18H23F3N4S.HI/c1-17(2,3)14-11-26-15(25-14)10-24-16(22-4)23-9-12-5-7-13(8-6-12)18(19,20)21;/h5-8,11H,9-10H2,1-4H3,(H2,22,23,24);1H. The summed E-state index contributed by atoms with van der Waals surface area (Å²) >= 11 is 1.58. The fraction of sp³-hybridized carbons (Fsp3) is 0.444. The van der Waals surface area contributed by atoms with Crippen LogP contribution in [0.4, 0.5) is 13.2 Å². The first-order valence-corrected chi connectivity index (χ1v) is 9.03. The van der Waals surface area contributed by atoms with E-state index in [1.807, 2.05) is 0 Å². The summed E-state index contributed by atoms with van der Waals surface area (Å²) in [6.45, 7) is 7.26. The zero-order valence-corrected chi connectivity index (χ0v) is 18.8. The Hall–Kier alpha value is -1.36. The van der Waals surface area contributed by atoms with Crippen LogP contribution in [0.1, 0.15) is 42.6 Å². The van der Waals surface area contributed by atoms with Crippen LogP contribution in [-0.4, -0.2) is 18.0 Å². The predicted octanol–water partition coefficient (Wildman–Crippen LogP) is 4.94. The Labute approximate surface area is 178 Å². The van der Waals surface area contributed by atoms with Crippen LogP contribution in [0.15, 0.2) is 34.6 Å². The normalized spacial score (nSPS) is 12.5. The molecular weight excluding hydrogens is 488 g/mol. The van der Waals surface area contributed by atoms with Gasteiger partial charge in [0, 0.05) is 24.4 Å². The van der Waals surface area contributed by atoms with Crippen molar-refractivity contribution in [2.24, 2.45) is 4.99 Å². The van der Waals surface area contributed by atoms with Crippen molar-refractivity contribution in [3.05, 3.63) is 51.5 Å². The van der Waals surface area contributed by atoms with Crippen molar-refractivity contribution in [2.45, 2.75) is 45.5 Å². The van der Waals surface area contributed by atoms with Crippen molar-refractivity contribution in [1.82, 2.24) is 15.6 Å². The van der Waals surface area contributed by atoms with Gasteiger partial charge in [-0.25, -0.2) is 4.98 Å². The molecule has 1 aromatic heterocycles. The number of benzene rings is 1. The number of aromatic nitrogens is 1. The highest BCUT2D eigenvalue weighted by atomic mass is 127. The average Bonchev–Trinajstić information content (AvgIpc) is 3.04. The number of nitrogens with zero attached hydrogens (tertiary/aromatic N) is 2. The maximum absolute atomic E-state index is 12.6. The minimum Gasteiger partial charge on any atom is -0.352 e. The molecule has 2 aromatic rings. The summed E-state index contributed by atoms with van der Waals surface area (Å²) in [5, 5.41) is 9.25. The molecule has 0 atom stereocenters. The fourth-order valence-electron chi connectivity index (χ4n) is 2.11. The van der Waals surface area contributed by atoms with Crippen molar-refractivity contribution >= 4 is 41.3 Å². The Morgan fingerprint density at radius 1 is 1.07 bits per heavy atom. The number of hydrogen-bond donors (Lipinski definition) is 2. The van der Waals surface area contributed by atoms with E-state index in [9.17, 15) is 13.2 Å². The van der Waals surface area contributed by atoms with Gasteiger partial charge < -0.3 is 10.6 Å². The maximum Gasteiger partial charge on any atom is 0.416 e. The van der Waals surface area contributed by atoms with Gasteiger partial charge in [-0.05, 0) is 17.7 Å². The van der Waals surface area contributed by atoms with Crippen LogP contribution in [0, 0.1) is 0 Å². The summed E-state index contributed by atoms with van der Waals surface area (Å²) in [5.41, 5.74) is 1.15. The number of rotatable bonds is 4. The molecule has 0 fully saturated rings. The minimum atomic E-state index is -4.32. The molecule has 0 unspecified atom stereocenters. The molecule has 0 amide bonds. The van der Waals surface area contributed by atoms with E-state index in [4.69, 9.17) is 0 Å². The molecular formula is C18H24F3IN4S. The molecule has 0 saturated carbocycles. The molecule has 0 spiro atoms. The Kier molecular flexibility index (Phi) is 8.52. The predicted molar refractivity (Wildman–Crippen MR) is 115 cm³/mol. The molecule has 9 heteroatoms. The number of nitrogens with one attached hydrogen (secondary N) is 2. The smallest absolute Gasteiger partial charge is 0.352 e. The highest BCUT2D eigenvalue weighted by molar-refractivity contribution is 14.0. The molecule has 1 aromatic carbocycles. The number of thiazole rings is 1. The minimum absolute atomic E-state index is 0. The first-order valence-electron chi connectivity index (χ1n) is 8.15. The summed E-state index contributed by atoms with van der Waals surface area (Å²) < 4.78 is 37.7. The third kappa shape index (κ3) is 7.28. The Morgan fingerprint density at radius 3 is 2.15 bits per heavy atom. The van der Waals surface area contributed by atoms with Crippen molar-refractivity contribution in [1.29, 1.82) is 0 Å². The number of aliphatic imine (C=N–C) groups is 1. The van der Waals surface area contributed by atoms with E-state index in [1.165, 1.54) is 12.1 Å². The molecule has 0 aliphatic carbocycles. The second-order valence-electron chi connectivity index (χ2n) is 6.85. The van der Waals surface area contributed by atoms with Crippen molar-refractivity contribution in [3.8, 4) is 0 Å². The first kappa shape index (κ1) is 23.7. The van der Waals surface area contributed by atoms with E-state index in [2.05, 4.69) is 46.8 Å². The highest BCUT2D eigenvalue weighted by Gasteiger charge is 2.29. The topological polar surface area (TPSA) is 49.3 Å². The molecule has 2 rings (SSSR count). The average molecular weight is 512 g/mol. The maximum atomic E-state index is 12.6. The van der Waals surface area contributed by atoms with E-state index in [-0.39, 0.29) is 29.4 Å². The van der Waals surface area contributed by atoms with Gasteiger partial charge in [0.15, 0.2) is 5.96 Å². The van der Waals surface area contributed by atoms with Crippen molar-refractivity contribution < 1.29 is 13.2 Å². The van der Waals surface area contributed by atoms with E-state index >= 15 is 0 Å². The van der Waals surface area contributed by atoms with Crippen LogP contribution in [-0.2, 0) is 24.7 Å². The lowest BCUT2D eigenvalue weighted by Gasteiger charge is -2.14. The lowest BCUT2D eigenvalue weighted by molar-refractivity contribution is -0.137. The molecule has 1 heterocycles. The Balaban J connectivity index is 0.00000364. The number of halogens is 4. The third-order valence-corrected chi connectivity index (χ3v) is 4.54. The second kappa shape index (κ2) is 9.72. The summed E-state index contributed by atoms with van der Waals surface area (Å²) in [5.74, 6) is 0.567. The van der Waals surface area contributed by atoms with Gasteiger partial charge in [-0.3, -0.25) is 4.99 Å². The SMILES string of the molecule is CN=C(NCc1ccc(C(F)(F)F)cc1)NCc1nc(C(C)(C)C)cs1.I. The molecule has 150 valence electrons. The number of alkyl halides is 3. The summed E-state index contributed by atoms with van der Waals surface area (Å²) in [6, 6.07) is 5.08. The molecule has 4 nitrogen and oxygen atoms in total. The monoisotopic (exact) mass is 512 g/mol. The lowest BCUT2D eigenvalue weighted by atomic mass is 9.93. The summed E-state index contributed by atoms with van der Waals surface area (Å²) in [6.07, 6.45) is -4.32. The zero-order valence-electron chi connectivity index (χ0n) is 15.6. The lowest BCUT2D eigenvalue weighted by Crippen LogP contribution is -2.36. The van der Waals surface area contributed by atoms with Gasteiger partial charge in [0.1, 0.15) is 5.01 Å². The van der Waals surface area contributed by atoms with E-state index in [0.717, 1.165) is 28.4 Å². The number of hydrogen-bond acceptors (Lipinski definition) is 3. The van der Waals surface area contributed by atoms with Gasteiger partial charge in [-0.15, -0.1) is 35.3 Å². The van der Waals surface area contributed by atoms with Crippen LogP contribution in [0.3, 0.4) is 0 Å². The summed E-state index contributed by atoms with van der Waals surface area (Å²) in [4.78, 5) is 8.73. The molecule has 0 aliphatic heterocycles. The fourth-order valence-corrected chi connectivity index (χ4v) is 3.07. The van der Waals surface area contributed by atoms with Gasteiger partial charge in [0.25, 0.3) is 0 Å². The third-order valence-electron chi connectivity index (χ3n) is 3.69. The molecule has 0 radical (unpaired) electrons. The van der Waals surface area contributed by atoms with Gasteiger partial charge in [0.2, 0.25) is 0 Å². The quantitative estimate of drug-likeness (QED) is 0.347. The van der Waals surface area contributed by atoms with Crippen LogP contribution in [0.25, 0.3) is 0 Å². The molecule has 0 aliphatic rings. The van der Waals surface area contributed by atoms with Gasteiger partial charge in [-0.1, -0.05) is 32.9 Å². The molecule has 0 saturated heterocycles. The largest absolute Gasteiger partial charge is 0.416 e. The van der Waals surface area contributed by atoms with Crippen LogP contribution in [0.2, 0.25) is 0 Å². The summed E-state index contributed by atoms with van der Waals surface area (Å²) in [7, 11) is 1.64. The highest BCUT2D eigenvalue weighted by Crippen LogP contribution is 2.29. The molecule has 27 heavy (non-hydrogen) atoms. The first-order chi connectivity index (χ1) is 12.1. The second-order valence-corrected chi connectivity index (χ2v) is 7.79. The van der Waals surface area contributed by atoms with Crippen molar-refractivity contribution in [2.75, 3.05) is 7.05 Å². The Morgan fingerprint density at radius 2 is 1.67 bits per heavy atom. The van der Waals surface area contributed by atoms with Crippen LogP contribution >= 0.6 is 35.3 Å². The zero-order chi connectivity index (χ0) is 19.4. The van der Waals surface area contributed by atoms with Gasteiger partial charge in [0.05, 0.1) is 17.8 Å². The van der Waals surface area contributed by atoms with Crippen LogP contribution < -0.4 is 10.6 Å². The van der Waals surface area contributed by atoms with Gasteiger partial charge >= 0.3 is 6.18 Å². The van der Waals surface area contributed by atoms with Crippen LogP contribution in [0.5, 0.6) is 0 Å².